The van der Waals surface area contributed by atoms with Gasteiger partial charge in [0.25, 0.3) is 5.56 Å². The Morgan fingerprint density at radius 1 is 0.833 bits per heavy atom. The number of methoxy groups -OCH3 is 1. The van der Waals surface area contributed by atoms with Crippen molar-refractivity contribution in [2.75, 3.05) is 38.2 Å². The first kappa shape index (κ1) is 23.2. The molecule has 0 N–H and O–H groups in total. The van der Waals surface area contributed by atoms with Crippen LogP contribution in [0, 0.1) is 0 Å². The largest absolute Gasteiger partial charge is 0.497 e. The van der Waals surface area contributed by atoms with Crippen molar-refractivity contribution in [1.82, 2.24) is 29.9 Å². The zero-order valence-electron chi connectivity index (χ0n) is 19.8. The highest BCUT2D eigenvalue weighted by Gasteiger charge is 2.23. The summed E-state index contributed by atoms with van der Waals surface area (Å²) in [5.74, 6) is 1.36. The van der Waals surface area contributed by atoms with Gasteiger partial charge in [-0.05, 0) is 54.6 Å². The molecule has 1 amide bonds. The van der Waals surface area contributed by atoms with Gasteiger partial charge in [-0.1, -0.05) is 0 Å². The highest BCUT2D eigenvalue weighted by atomic mass is 16.5. The number of piperazine rings is 1. The molecule has 4 aromatic rings. The Morgan fingerprint density at radius 3 is 2.19 bits per heavy atom. The number of pyridine rings is 1. The molecule has 10 heteroatoms. The summed E-state index contributed by atoms with van der Waals surface area (Å²) in [4.78, 5) is 33.2. The van der Waals surface area contributed by atoms with Crippen LogP contribution in [0.5, 0.6) is 5.75 Å². The first-order valence-corrected chi connectivity index (χ1v) is 11.6. The van der Waals surface area contributed by atoms with Crippen LogP contribution in [0.25, 0.3) is 22.5 Å². The molecule has 36 heavy (non-hydrogen) atoms. The summed E-state index contributed by atoms with van der Waals surface area (Å²) < 4.78 is 6.41. The van der Waals surface area contributed by atoms with Crippen LogP contribution < -0.4 is 15.2 Å². The van der Waals surface area contributed by atoms with E-state index < -0.39 is 0 Å². The van der Waals surface area contributed by atoms with Gasteiger partial charge in [0.2, 0.25) is 5.91 Å². The lowest BCUT2D eigenvalue weighted by Crippen LogP contribution is -2.50. The first-order chi connectivity index (χ1) is 17.6. The van der Waals surface area contributed by atoms with Crippen LogP contribution >= 0.6 is 0 Å². The third-order valence-corrected chi connectivity index (χ3v) is 6.12. The molecule has 182 valence electrons. The molecule has 4 heterocycles. The fourth-order valence-corrected chi connectivity index (χ4v) is 4.06. The summed E-state index contributed by atoms with van der Waals surface area (Å²) in [6, 6.07) is 18.1. The zero-order valence-corrected chi connectivity index (χ0v) is 19.8. The van der Waals surface area contributed by atoms with Gasteiger partial charge in [-0.2, -0.15) is 5.10 Å². The number of anilines is 1. The monoisotopic (exact) mass is 483 g/mol. The molecule has 1 aliphatic rings. The molecule has 1 aliphatic heterocycles. The quantitative estimate of drug-likeness (QED) is 0.411. The molecule has 1 aromatic carbocycles. The predicted molar refractivity (Wildman–Crippen MR) is 135 cm³/mol. The van der Waals surface area contributed by atoms with Gasteiger partial charge in [-0.15, -0.1) is 10.2 Å². The average molecular weight is 484 g/mol. The number of benzene rings is 1. The van der Waals surface area contributed by atoms with Gasteiger partial charge < -0.3 is 14.5 Å². The summed E-state index contributed by atoms with van der Waals surface area (Å²) in [5, 5.41) is 13.1. The molecule has 1 fully saturated rings. The fourth-order valence-electron chi connectivity index (χ4n) is 4.06. The molecule has 0 unspecified atom stereocenters. The number of ether oxygens (including phenoxy) is 1. The van der Waals surface area contributed by atoms with Gasteiger partial charge in [0.15, 0.2) is 5.82 Å². The van der Waals surface area contributed by atoms with E-state index in [4.69, 9.17) is 4.74 Å². The number of nitrogens with zero attached hydrogens (tertiary/aromatic N) is 7. The second kappa shape index (κ2) is 10.3. The molecule has 0 aliphatic carbocycles. The number of carbonyl (C=O) groups excluding carboxylic acids is 1. The Hall–Kier alpha value is -4.60. The van der Waals surface area contributed by atoms with Gasteiger partial charge >= 0.3 is 0 Å². The minimum Gasteiger partial charge on any atom is -0.497 e. The molecule has 0 saturated carbocycles. The van der Waals surface area contributed by atoms with Crippen molar-refractivity contribution < 1.29 is 9.53 Å². The van der Waals surface area contributed by atoms with E-state index in [2.05, 4.69) is 25.2 Å². The average Bonchev–Trinajstić information content (AvgIpc) is 2.95. The molecule has 0 bridgehead atoms. The van der Waals surface area contributed by atoms with E-state index in [9.17, 15) is 9.59 Å². The first-order valence-electron chi connectivity index (χ1n) is 11.6. The number of aromatic nitrogens is 5. The molecular formula is C26H25N7O3. The van der Waals surface area contributed by atoms with E-state index in [0.717, 1.165) is 28.4 Å². The number of hydrogen-bond acceptors (Lipinski definition) is 8. The highest BCUT2D eigenvalue weighted by Crippen LogP contribution is 2.20. The normalized spacial score (nSPS) is 13.5. The van der Waals surface area contributed by atoms with Crippen molar-refractivity contribution in [1.29, 1.82) is 0 Å². The summed E-state index contributed by atoms with van der Waals surface area (Å²) in [6.45, 7) is 2.20. The lowest BCUT2D eigenvalue weighted by Gasteiger charge is -2.35. The van der Waals surface area contributed by atoms with Gasteiger partial charge in [-0.25, -0.2) is 4.68 Å². The van der Waals surface area contributed by atoms with Crippen molar-refractivity contribution in [3.8, 4) is 28.3 Å². The molecule has 0 radical (unpaired) electrons. The topological polar surface area (TPSA) is 106 Å². The standard InChI is InChI=1S/C26H25N7O3/c1-36-21-4-2-19(3-5-21)23-7-9-25(34)33(30-23)18-26(35)32-16-14-31(15-17-32)24-8-6-22(28-29-24)20-10-12-27-13-11-20/h2-13H,14-18H2,1H3. The molecule has 5 rings (SSSR count). The summed E-state index contributed by atoms with van der Waals surface area (Å²) in [7, 11) is 1.60. The Bertz CT molecular complexity index is 1380. The Labute approximate surface area is 207 Å². The van der Waals surface area contributed by atoms with Crippen LogP contribution in [0.15, 0.2) is 77.9 Å². The predicted octanol–water partition coefficient (Wildman–Crippen LogP) is 2.12. The van der Waals surface area contributed by atoms with E-state index in [1.54, 1.807) is 30.5 Å². The van der Waals surface area contributed by atoms with Crippen LogP contribution in [0.1, 0.15) is 0 Å². The second-order valence-electron chi connectivity index (χ2n) is 8.32. The number of hydrogen-bond donors (Lipinski definition) is 0. The van der Waals surface area contributed by atoms with E-state index in [0.29, 0.717) is 31.9 Å². The smallest absolute Gasteiger partial charge is 0.267 e. The molecule has 0 spiro atoms. The van der Waals surface area contributed by atoms with Gasteiger partial charge in [0.1, 0.15) is 12.3 Å². The van der Waals surface area contributed by atoms with Crippen LogP contribution in [0.4, 0.5) is 5.82 Å². The van der Waals surface area contributed by atoms with Crippen LogP contribution in [0.2, 0.25) is 0 Å². The van der Waals surface area contributed by atoms with E-state index >= 15 is 0 Å². The number of rotatable bonds is 6. The van der Waals surface area contributed by atoms with E-state index in [1.807, 2.05) is 48.5 Å². The lowest BCUT2D eigenvalue weighted by molar-refractivity contribution is -0.132. The summed E-state index contributed by atoms with van der Waals surface area (Å²) >= 11 is 0. The molecule has 3 aromatic heterocycles. The van der Waals surface area contributed by atoms with Crippen LogP contribution in [-0.2, 0) is 11.3 Å². The number of carbonyl (C=O) groups is 1. The Balaban J connectivity index is 1.20. The van der Waals surface area contributed by atoms with Gasteiger partial charge in [-0.3, -0.25) is 14.6 Å². The minimum atomic E-state index is -0.316. The zero-order chi connectivity index (χ0) is 24.9. The van der Waals surface area contributed by atoms with Gasteiger partial charge in [0, 0.05) is 55.8 Å². The van der Waals surface area contributed by atoms with Crippen LogP contribution in [0.3, 0.4) is 0 Å². The SMILES string of the molecule is COc1ccc(-c2ccc(=O)n(CC(=O)N3CCN(c4ccc(-c5ccncc5)nn4)CC3)n2)cc1. The third kappa shape index (κ3) is 5.07. The van der Waals surface area contributed by atoms with Crippen molar-refractivity contribution in [2.24, 2.45) is 0 Å². The molecule has 0 atom stereocenters. The highest BCUT2D eigenvalue weighted by molar-refractivity contribution is 5.76. The molecule has 10 nitrogen and oxygen atoms in total. The fraction of sp³-hybridized carbons (Fsp3) is 0.231. The second-order valence-corrected chi connectivity index (χ2v) is 8.32. The summed E-state index contributed by atoms with van der Waals surface area (Å²) in [6.07, 6.45) is 3.44. The van der Waals surface area contributed by atoms with Crippen molar-refractivity contribution in [3.63, 3.8) is 0 Å². The summed E-state index contributed by atoms with van der Waals surface area (Å²) in [5.41, 5.74) is 2.87. The van der Waals surface area contributed by atoms with Crippen molar-refractivity contribution in [2.45, 2.75) is 6.54 Å². The maximum absolute atomic E-state index is 13.0. The van der Waals surface area contributed by atoms with E-state index in [-0.39, 0.29) is 18.0 Å². The maximum Gasteiger partial charge on any atom is 0.267 e. The van der Waals surface area contributed by atoms with Crippen molar-refractivity contribution >= 4 is 11.7 Å². The third-order valence-electron chi connectivity index (χ3n) is 6.12. The number of amides is 1. The lowest BCUT2D eigenvalue weighted by atomic mass is 10.1. The van der Waals surface area contributed by atoms with Crippen LogP contribution in [-0.4, -0.2) is 69.1 Å². The molecule has 1 saturated heterocycles. The van der Waals surface area contributed by atoms with Gasteiger partial charge in [0.05, 0.1) is 18.5 Å². The van der Waals surface area contributed by atoms with Crippen molar-refractivity contribution in [3.05, 3.63) is 83.4 Å². The minimum absolute atomic E-state index is 0.108. The van der Waals surface area contributed by atoms with E-state index in [1.165, 1.54) is 10.7 Å². The maximum atomic E-state index is 13.0. The Morgan fingerprint density at radius 2 is 1.53 bits per heavy atom. The molecular weight excluding hydrogens is 458 g/mol. The Kier molecular flexibility index (Phi) is 6.65.